The maximum atomic E-state index is 14.1. The maximum Gasteiger partial charge on any atom is 0.355 e. The van der Waals surface area contributed by atoms with Gasteiger partial charge in [-0.15, -0.1) is 11.8 Å². The van der Waals surface area contributed by atoms with Gasteiger partial charge in [0.2, 0.25) is 5.91 Å². The molecular weight excluding hydrogens is 762 g/mol. The van der Waals surface area contributed by atoms with Gasteiger partial charge in [0.15, 0.2) is 0 Å². The van der Waals surface area contributed by atoms with Crippen molar-refractivity contribution in [2.75, 3.05) is 13.7 Å². The Kier molecular flexibility index (Phi) is 15.7. The Balaban J connectivity index is 1.45. The molecule has 1 aliphatic rings. The fourth-order valence-corrected chi connectivity index (χ4v) is 8.44. The molecule has 0 aliphatic carbocycles. The Hall–Kier alpha value is -4.52. The van der Waals surface area contributed by atoms with E-state index < -0.39 is 46.7 Å². The van der Waals surface area contributed by atoms with Crippen LogP contribution in [0.25, 0.3) is 0 Å². The van der Waals surface area contributed by atoms with E-state index in [1.165, 1.54) is 25.8 Å². The van der Waals surface area contributed by atoms with E-state index in [9.17, 15) is 9.59 Å². The van der Waals surface area contributed by atoms with E-state index in [4.69, 9.17) is 40.0 Å². The molecule has 57 heavy (non-hydrogen) atoms. The first-order valence-electron chi connectivity index (χ1n) is 18.9. The number of thioether (sulfide) groups is 1. The van der Waals surface area contributed by atoms with Gasteiger partial charge in [-0.3, -0.25) is 4.79 Å². The first-order chi connectivity index (χ1) is 27.8. The molecule has 0 aromatic heterocycles. The first-order valence-corrected chi connectivity index (χ1v) is 20.1. The number of hydrogen-bond acceptors (Lipinski definition) is 9. The van der Waals surface area contributed by atoms with Gasteiger partial charge in [-0.2, -0.15) is 0 Å². The van der Waals surface area contributed by atoms with E-state index in [-0.39, 0.29) is 32.3 Å². The minimum atomic E-state index is -2.11. The van der Waals surface area contributed by atoms with Crippen LogP contribution >= 0.6 is 23.4 Å². The molecule has 7 atom stereocenters. The highest BCUT2D eigenvalue weighted by Gasteiger charge is 2.62. The summed E-state index contributed by atoms with van der Waals surface area (Å²) >= 11 is 8.81. The largest absolute Gasteiger partial charge is 0.466 e. The van der Waals surface area contributed by atoms with Gasteiger partial charge >= 0.3 is 5.97 Å². The van der Waals surface area contributed by atoms with Gasteiger partial charge in [0, 0.05) is 11.8 Å². The molecule has 5 aromatic carbocycles. The van der Waals surface area contributed by atoms with E-state index in [0.29, 0.717) is 6.61 Å². The lowest BCUT2D eigenvalue weighted by Gasteiger charge is -2.51. The predicted molar refractivity (Wildman–Crippen MR) is 220 cm³/mol. The molecule has 1 N–H and O–H groups in total. The second kappa shape index (κ2) is 21.3. The van der Waals surface area contributed by atoms with Gasteiger partial charge in [0.1, 0.15) is 18.3 Å². The number of benzene rings is 5. The van der Waals surface area contributed by atoms with Crippen molar-refractivity contribution in [3.8, 4) is 0 Å². The number of esters is 1. The van der Waals surface area contributed by atoms with Crippen molar-refractivity contribution >= 4 is 35.2 Å². The number of alkyl halides is 1. The van der Waals surface area contributed by atoms with Gasteiger partial charge in [0.25, 0.3) is 5.06 Å². The van der Waals surface area contributed by atoms with E-state index in [0.717, 1.165) is 27.1 Å². The van der Waals surface area contributed by atoms with Crippen LogP contribution < -0.4 is 5.32 Å². The number of rotatable bonds is 19. The van der Waals surface area contributed by atoms with Crippen molar-refractivity contribution in [2.45, 2.75) is 79.0 Å². The highest BCUT2D eigenvalue weighted by molar-refractivity contribution is 8.00. The third kappa shape index (κ3) is 11.8. The fraction of sp³-hybridized carbons (Fsp3) is 0.304. The lowest BCUT2D eigenvalue weighted by Crippen LogP contribution is -2.72. The molecule has 9 nitrogen and oxygen atoms in total. The number of carbonyl (C=O) groups excluding carboxylic acids is 2. The van der Waals surface area contributed by atoms with Crippen LogP contribution in [0.4, 0.5) is 0 Å². The van der Waals surface area contributed by atoms with Crippen LogP contribution in [0.3, 0.4) is 0 Å². The third-order valence-corrected chi connectivity index (χ3v) is 11.5. The molecule has 1 amide bonds. The molecule has 1 heterocycles. The topological polar surface area (TPSA) is 102 Å². The lowest BCUT2D eigenvalue weighted by molar-refractivity contribution is -0.230. The van der Waals surface area contributed by atoms with Crippen LogP contribution in [0.5, 0.6) is 0 Å². The van der Waals surface area contributed by atoms with Crippen molar-refractivity contribution < 1.29 is 38.0 Å². The zero-order chi connectivity index (χ0) is 39.9. The van der Waals surface area contributed by atoms with Crippen LogP contribution in [-0.4, -0.2) is 66.4 Å². The van der Waals surface area contributed by atoms with Crippen LogP contribution in [0.15, 0.2) is 157 Å². The zero-order valence-corrected chi connectivity index (χ0v) is 33.6. The van der Waals surface area contributed by atoms with E-state index in [2.05, 4.69) is 5.32 Å². The quantitative estimate of drug-likeness (QED) is 0.0655. The van der Waals surface area contributed by atoms with Crippen molar-refractivity contribution in [1.82, 2.24) is 5.32 Å². The Bertz CT molecular complexity index is 1950. The summed E-state index contributed by atoms with van der Waals surface area (Å²) in [7, 11) is 1.27. The average molecular weight is 810 g/mol. The second-order valence-corrected chi connectivity index (χ2v) is 15.4. The number of amides is 1. The number of halogens is 1. The molecule has 5 aromatic rings. The molecule has 298 valence electrons. The molecule has 3 unspecified atom stereocenters. The van der Waals surface area contributed by atoms with E-state index in [1.807, 2.05) is 152 Å². The number of methoxy groups -OCH3 is 1. The normalized spacial score (nSPS) is 21.6. The molecular formula is C46H48ClNO8S. The zero-order valence-electron chi connectivity index (χ0n) is 32.0. The molecule has 0 spiro atoms. The molecule has 6 rings (SSSR count). The van der Waals surface area contributed by atoms with Gasteiger partial charge in [0.05, 0.1) is 57.5 Å². The summed E-state index contributed by atoms with van der Waals surface area (Å²) in [4.78, 5) is 28.1. The van der Waals surface area contributed by atoms with Crippen molar-refractivity contribution in [2.24, 2.45) is 0 Å². The van der Waals surface area contributed by atoms with Gasteiger partial charge in [-0.05, 0) is 34.4 Å². The predicted octanol–water partition coefficient (Wildman–Crippen LogP) is 8.13. The third-order valence-electron chi connectivity index (χ3n) is 9.48. The van der Waals surface area contributed by atoms with Crippen LogP contribution in [0.2, 0.25) is 0 Å². The summed E-state index contributed by atoms with van der Waals surface area (Å²) in [5, 5.41) is 0.0990. The monoisotopic (exact) mass is 809 g/mol. The van der Waals surface area contributed by atoms with E-state index >= 15 is 0 Å². The second-order valence-electron chi connectivity index (χ2n) is 13.7. The summed E-state index contributed by atoms with van der Waals surface area (Å²) < 4.78 is 39.0. The molecule has 11 heteroatoms. The van der Waals surface area contributed by atoms with Crippen LogP contribution in [-0.2, 0) is 64.4 Å². The van der Waals surface area contributed by atoms with Gasteiger partial charge in [-0.1, -0.05) is 151 Å². The van der Waals surface area contributed by atoms with Crippen molar-refractivity contribution in [1.29, 1.82) is 0 Å². The molecule has 0 saturated carbocycles. The standard InChI is InChI=1S/C46H48ClNO8S/c1-33(49)48-40-42(56-46(47,45(50)51-2)44(57-38-26-16-7-17-27-38)43(40)55-31-37-24-14-6-15-25-37)41(54-30-36-22-12-5-13-23-36)39(53-29-35-20-10-4-11-21-35)32-52-28-34-18-8-3-9-19-34/h3-27,39-44H,28-32H2,1-2H3,(H,48,49)/t39-,40+,41-,42?,43+,44?,46?/m1/s1. The van der Waals surface area contributed by atoms with Crippen LogP contribution in [0.1, 0.15) is 29.2 Å². The molecule has 1 saturated heterocycles. The summed E-state index contributed by atoms with van der Waals surface area (Å²) in [6.45, 7) is 2.31. The number of hydrogen-bond donors (Lipinski definition) is 1. The number of ether oxygens (including phenoxy) is 6. The molecule has 0 radical (unpaired) electrons. The lowest BCUT2D eigenvalue weighted by atomic mass is 9.88. The summed E-state index contributed by atoms with van der Waals surface area (Å²) in [6.07, 6.45) is -3.82. The minimum absolute atomic E-state index is 0.0685. The minimum Gasteiger partial charge on any atom is -0.466 e. The molecule has 1 aliphatic heterocycles. The summed E-state index contributed by atoms with van der Waals surface area (Å²) in [5.74, 6) is -1.16. The average Bonchev–Trinajstić information content (AvgIpc) is 3.25. The van der Waals surface area contributed by atoms with E-state index in [1.54, 1.807) is 0 Å². The number of carbonyl (C=O) groups is 2. The van der Waals surface area contributed by atoms with Crippen molar-refractivity contribution in [3.05, 3.63) is 174 Å². The Labute approximate surface area is 343 Å². The fourth-order valence-electron chi connectivity index (χ4n) is 6.71. The van der Waals surface area contributed by atoms with Crippen LogP contribution in [0, 0.1) is 0 Å². The number of nitrogens with one attached hydrogen (secondary N) is 1. The van der Waals surface area contributed by atoms with Gasteiger partial charge < -0.3 is 33.7 Å². The van der Waals surface area contributed by atoms with Gasteiger partial charge in [-0.25, -0.2) is 4.79 Å². The Morgan fingerprint density at radius 1 is 0.702 bits per heavy atom. The maximum absolute atomic E-state index is 14.1. The Morgan fingerprint density at radius 3 is 1.68 bits per heavy atom. The summed E-state index contributed by atoms with van der Waals surface area (Å²) in [5.41, 5.74) is 3.69. The SMILES string of the molecule is COC(=O)C1(Cl)OC([C@H](OCc2ccccc2)[C@@H](COCc2ccccc2)OCc2ccccc2)[C@H](NC(C)=O)[C@H](OCc2ccccc2)C1Sc1ccccc1. The molecule has 0 bridgehead atoms. The molecule has 1 fully saturated rings. The summed E-state index contributed by atoms with van der Waals surface area (Å²) in [6, 6.07) is 47.6. The first kappa shape index (κ1) is 42.1. The van der Waals surface area contributed by atoms with Crippen molar-refractivity contribution in [3.63, 3.8) is 0 Å². The highest BCUT2D eigenvalue weighted by atomic mass is 35.5. The highest BCUT2D eigenvalue weighted by Crippen LogP contribution is 2.47. The smallest absolute Gasteiger partial charge is 0.355 e. The Morgan fingerprint density at radius 2 is 1.18 bits per heavy atom.